The molecule has 1 N–H and O–H groups in total. The molecule has 1 saturated carbocycles. The molecule has 18 heavy (non-hydrogen) atoms. The summed E-state index contributed by atoms with van der Waals surface area (Å²) in [6.07, 6.45) is 7.73. The van der Waals surface area contributed by atoms with Gasteiger partial charge in [0.15, 0.2) is 6.29 Å². The van der Waals surface area contributed by atoms with Crippen molar-refractivity contribution in [3.05, 3.63) is 0 Å². The van der Waals surface area contributed by atoms with Crippen molar-refractivity contribution >= 4 is 0 Å². The summed E-state index contributed by atoms with van der Waals surface area (Å²) in [5, 5.41) is 3.66. The lowest BCUT2D eigenvalue weighted by molar-refractivity contribution is -0.140. The lowest BCUT2D eigenvalue weighted by Crippen LogP contribution is -2.50. The molecule has 0 amide bonds. The van der Waals surface area contributed by atoms with E-state index in [2.05, 4.69) is 19.2 Å². The first-order chi connectivity index (χ1) is 8.78. The molecule has 108 valence electrons. The van der Waals surface area contributed by atoms with E-state index in [1.807, 2.05) is 0 Å². The van der Waals surface area contributed by atoms with Crippen LogP contribution in [0.3, 0.4) is 0 Å². The lowest BCUT2D eigenvalue weighted by Gasteiger charge is -2.40. The molecule has 0 aromatic heterocycles. The van der Waals surface area contributed by atoms with Gasteiger partial charge in [-0.25, -0.2) is 0 Å². The molecule has 0 heterocycles. The Balaban J connectivity index is 2.71. The molecule has 0 spiro atoms. The van der Waals surface area contributed by atoms with Crippen molar-refractivity contribution in [1.82, 2.24) is 5.32 Å². The van der Waals surface area contributed by atoms with Crippen molar-refractivity contribution in [1.29, 1.82) is 0 Å². The van der Waals surface area contributed by atoms with Gasteiger partial charge in [-0.15, -0.1) is 0 Å². The molecule has 0 aliphatic heterocycles. The Morgan fingerprint density at radius 3 is 2.33 bits per heavy atom. The molecule has 0 radical (unpaired) electrons. The molecule has 3 heteroatoms. The van der Waals surface area contributed by atoms with Crippen LogP contribution in [0.25, 0.3) is 0 Å². The zero-order chi connectivity index (χ0) is 13.4. The Labute approximate surface area is 113 Å². The van der Waals surface area contributed by atoms with Gasteiger partial charge < -0.3 is 14.8 Å². The smallest absolute Gasteiger partial charge is 0.172 e. The van der Waals surface area contributed by atoms with Gasteiger partial charge in [-0.1, -0.05) is 39.5 Å². The summed E-state index contributed by atoms with van der Waals surface area (Å²) in [4.78, 5) is 0. The average molecular weight is 257 g/mol. The van der Waals surface area contributed by atoms with E-state index in [4.69, 9.17) is 9.47 Å². The SMILES string of the molecule is CCCNC(C(OC)OC)C1CCCCC1CC. The van der Waals surface area contributed by atoms with Crippen LogP contribution in [0.5, 0.6) is 0 Å². The third-order valence-corrected chi connectivity index (χ3v) is 4.34. The third kappa shape index (κ3) is 4.22. The number of hydrogen-bond donors (Lipinski definition) is 1. The summed E-state index contributed by atoms with van der Waals surface area (Å²) >= 11 is 0. The molecule has 1 aliphatic rings. The minimum absolute atomic E-state index is 0.117. The fourth-order valence-corrected chi connectivity index (χ4v) is 3.37. The van der Waals surface area contributed by atoms with E-state index in [-0.39, 0.29) is 6.29 Å². The van der Waals surface area contributed by atoms with Gasteiger partial charge in [-0.3, -0.25) is 0 Å². The van der Waals surface area contributed by atoms with Gasteiger partial charge in [-0.2, -0.15) is 0 Å². The van der Waals surface area contributed by atoms with Gasteiger partial charge in [0.1, 0.15) is 0 Å². The summed E-state index contributed by atoms with van der Waals surface area (Å²) < 4.78 is 11.0. The number of ether oxygens (including phenoxy) is 2. The highest BCUT2D eigenvalue weighted by Gasteiger charge is 2.35. The topological polar surface area (TPSA) is 30.5 Å². The molecular formula is C15H31NO2. The first kappa shape index (κ1) is 15.9. The molecule has 0 aromatic rings. The Hall–Kier alpha value is -0.120. The average Bonchev–Trinajstić information content (AvgIpc) is 2.43. The van der Waals surface area contributed by atoms with E-state index in [1.54, 1.807) is 14.2 Å². The van der Waals surface area contributed by atoms with Gasteiger partial charge in [0.05, 0.1) is 6.04 Å². The highest BCUT2D eigenvalue weighted by Crippen LogP contribution is 2.35. The monoisotopic (exact) mass is 257 g/mol. The molecule has 1 aliphatic carbocycles. The number of rotatable bonds is 8. The Kier molecular flexibility index (Phi) is 7.87. The largest absolute Gasteiger partial charge is 0.354 e. The lowest BCUT2D eigenvalue weighted by atomic mass is 9.73. The first-order valence-corrected chi connectivity index (χ1v) is 7.57. The maximum Gasteiger partial charge on any atom is 0.172 e. The van der Waals surface area contributed by atoms with E-state index >= 15 is 0 Å². The van der Waals surface area contributed by atoms with Gasteiger partial charge >= 0.3 is 0 Å². The summed E-state index contributed by atoms with van der Waals surface area (Å²) in [6, 6.07) is 0.338. The fourth-order valence-electron chi connectivity index (χ4n) is 3.37. The third-order valence-electron chi connectivity index (χ3n) is 4.34. The van der Waals surface area contributed by atoms with Crippen LogP contribution in [0.4, 0.5) is 0 Å². The van der Waals surface area contributed by atoms with Crippen LogP contribution in [0.15, 0.2) is 0 Å². The highest BCUT2D eigenvalue weighted by atomic mass is 16.7. The summed E-state index contributed by atoms with van der Waals surface area (Å²) in [6.45, 7) is 5.56. The first-order valence-electron chi connectivity index (χ1n) is 7.57. The summed E-state index contributed by atoms with van der Waals surface area (Å²) in [5.74, 6) is 1.51. The second kappa shape index (κ2) is 8.89. The molecule has 1 rings (SSSR count). The molecule has 3 atom stereocenters. The van der Waals surface area contributed by atoms with Crippen LogP contribution in [-0.2, 0) is 9.47 Å². The zero-order valence-corrected chi connectivity index (χ0v) is 12.6. The van der Waals surface area contributed by atoms with E-state index in [0.29, 0.717) is 12.0 Å². The van der Waals surface area contributed by atoms with Gasteiger partial charge in [0, 0.05) is 14.2 Å². The molecule has 0 bridgehead atoms. The molecule has 0 saturated heterocycles. The normalized spacial score (nSPS) is 26.5. The van der Waals surface area contributed by atoms with Crippen LogP contribution < -0.4 is 5.32 Å². The van der Waals surface area contributed by atoms with Gasteiger partial charge in [-0.05, 0) is 31.2 Å². The molecule has 0 aromatic carbocycles. The second-order valence-electron chi connectivity index (χ2n) is 5.44. The van der Waals surface area contributed by atoms with Crippen LogP contribution in [0.2, 0.25) is 0 Å². The molecule has 1 fully saturated rings. The number of methoxy groups -OCH3 is 2. The summed E-state index contributed by atoms with van der Waals surface area (Å²) in [7, 11) is 3.50. The minimum Gasteiger partial charge on any atom is -0.354 e. The maximum absolute atomic E-state index is 5.52. The van der Waals surface area contributed by atoms with E-state index in [1.165, 1.54) is 32.1 Å². The molecule has 3 nitrogen and oxygen atoms in total. The molecule has 3 unspecified atom stereocenters. The Bertz CT molecular complexity index is 207. The second-order valence-corrected chi connectivity index (χ2v) is 5.44. The quantitative estimate of drug-likeness (QED) is 0.677. The van der Waals surface area contributed by atoms with Crippen molar-refractivity contribution in [3.63, 3.8) is 0 Å². The van der Waals surface area contributed by atoms with Crippen molar-refractivity contribution in [2.75, 3.05) is 20.8 Å². The predicted molar refractivity (Wildman–Crippen MR) is 75.6 cm³/mol. The molecular weight excluding hydrogens is 226 g/mol. The Morgan fingerprint density at radius 2 is 1.78 bits per heavy atom. The van der Waals surface area contributed by atoms with E-state index in [0.717, 1.165) is 18.9 Å². The number of nitrogens with one attached hydrogen (secondary N) is 1. The Morgan fingerprint density at radius 1 is 1.11 bits per heavy atom. The predicted octanol–water partition coefficient (Wildman–Crippen LogP) is 3.19. The van der Waals surface area contributed by atoms with Crippen LogP contribution in [-0.4, -0.2) is 33.1 Å². The van der Waals surface area contributed by atoms with Crippen molar-refractivity contribution in [2.24, 2.45) is 11.8 Å². The highest BCUT2D eigenvalue weighted by molar-refractivity contribution is 4.86. The number of hydrogen-bond acceptors (Lipinski definition) is 3. The maximum atomic E-state index is 5.52. The van der Waals surface area contributed by atoms with Gasteiger partial charge in [0.25, 0.3) is 0 Å². The van der Waals surface area contributed by atoms with Crippen molar-refractivity contribution < 1.29 is 9.47 Å². The zero-order valence-electron chi connectivity index (χ0n) is 12.6. The standard InChI is InChI=1S/C15H31NO2/c1-5-11-16-14(15(17-3)18-4)13-10-8-7-9-12(13)6-2/h12-16H,5-11H2,1-4H3. The van der Waals surface area contributed by atoms with Crippen LogP contribution >= 0.6 is 0 Å². The fraction of sp³-hybridized carbons (Fsp3) is 1.00. The van der Waals surface area contributed by atoms with Gasteiger partial charge in [0.2, 0.25) is 0 Å². The van der Waals surface area contributed by atoms with Crippen molar-refractivity contribution in [2.45, 2.75) is 64.7 Å². The van der Waals surface area contributed by atoms with E-state index in [9.17, 15) is 0 Å². The van der Waals surface area contributed by atoms with Crippen LogP contribution in [0.1, 0.15) is 52.4 Å². The van der Waals surface area contributed by atoms with Crippen molar-refractivity contribution in [3.8, 4) is 0 Å². The minimum atomic E-state index is -0.117. The summed E-state index contributed by atoms with van der Waals surface area (Å²) in [5.41, 5.74) is 0. The van der Waals surface area contributed by atoms with Crippen LogP contribution in [0, 0.1) is 11.8 Å². The van der Waals surface area contributed by atoms with E-state index < -0.39 is 0 Å².